The van der Waals surface area contributed by atoms with Crippen molar-refractivity contribution in [2.45, 2.75) is 40.5 Å². The van der Waals surface area contributed by atoms with Gasteiger partial charge in [0.25, 0.3) is 0 Å². The average Bonchev–Trinajstić information content (AvgIpc) is 3.07. The third kappa shape index (κ3) is 2.26. The van der Waals surface area contributed by atoms with Gasteiger partial charge in [-0.05, 0) is 69.3 Å². The smallest absolute Gasteiger partial charge is 0.0428 e. The van der Waals surface area contributed by atoms with Crippen LogP contribution in [0.25, 0.3) is 0 Å². The molecule has 0 saturated heterocycles. The van der Waals surface area contributed by atoms with Gasteiger partial charge in [0.15, 0.2) is 0 Å². The van der Waals surface area contributed by atoms with Crippen molar-refractivity contribution in [3.63, 3.8) is 0 Å². The van der Waals surface area contributed by atoms with Gasteiger partial charge < -0.3 is 10.6 Å². The van der Waals surface area contributed by atoms with Crippen LogP contribution in [-0.4, -0.2) is 20.1 Å². The summed E-state index contributed by atoms with van der Waals surface area (Å²) < 4.78 is 0. The molecule has 0 atom stereocenters. The van der Waals surface area contributed by atoms with Crippen LogP contribution in [0.2, 0.25) is 0 Å². The maximum Gasteiger partial charge on any atom is 0.0428 e. The highest BCUT2D eigenvalue weighted by Crippen LogP contribution is 2.46. The van der Waals surface area contributed by atoms with Crippen molar-refractivity contribution in [2.24, 2.45) is 11.1 Å². The number of nitrogens with two attached hydrogens (primary N) is 1. The lowest BCUT2D eigenvalue weighted by molar-refractivity contribution is 0.522. The SMILES string of the molecule is Cc1cc(C)c(C)c(N(C)CC2(CN)CC2)c1C. The molecule has 1 saturated carbocycles. The zero-order valence-electron chi connectivity index (χ0n) is 12.4. The molecular weight excluding hydrogens is 220 g/mol. The Kier molecular flexibility index (Phi) is 3.41. The Morgan fingerprint density at radius 1 is 1.11 bits per heavy atom. The fourth-order valence-corrected chi connectivity index (χ4v) is 2.95. The summed E-state index contributed by atoms with van der Waals surface area (Å²) in [5.41, 5.74) is 13.3. The van der Waals surface area contributed by atoms with E-state index in [0.29, 0.717) is 5.41 Å². The summed E-state index contributed by atoms with van der Waals surface area (Å²) in [7, 11) is 2.21. The van der Waals surface area contributed by atoms with Gasteiger partial charge >= 0.3 is 0 Å². The zero-order valence-corrected chi connectivity index (χ0v) is 12.4. The lowest BCUT2D eigenvalue weighted by atomic mass is 9.97. The lowest BCUT2D eigenvalue weighted by Crippen LogP contribution is -2.32. The minimum atomic E-state index is 0.394. The molecule has 2 nitrogen and oxygen atoms in total. The molecule has 1 aromatic rings. The van der Waals surface area contributed by atoms with E-state index in [9.17, 15) is 0 Å². The van der Waals surface area contributed by atoms with Crippen molar-refractivity contribution in [2.75, 3.05) is 25.0 Å². The number of anilines is 1. The van der Waals surface area contributed by atoms with Crippen LogP contribution in [0.5, 0.6) is 0 Å². The van der Waals surface area contributed by atoms with E-state index >= 15 is 0 Å². The van der Waals surface area contributed by atoms with Gasteiger partial charge in [0.1, 0.15) is 0 Å². The first-order chi connectivity index (χ1) is 8.40. The third-order valence-corrected chi connectivity index (χ3v) is 4.67. The van der Waals surface area contributed by atoms with Gasteiger partial charge in [-0.15, -0.1) is 0 Å². The van der Waals surface area contributed by atoms with Crippen LogP contribution in [0.4, 0.5) is 5.69 Å². The molecule has 0 heterocycles. The minimum absolute atomic E-state index is 0.394. The van der Waals surface area contributed by atoms with Crippen molar-refractivity contribution in [3.8, 4) is 0 Å². The predicted octanol–water partition coefficient (Wildman–Crippen LogP) is 3.10. The molecule has 1 aliphatic rings. The summed E-state index contributed by atoms with van der Waals surface area (Å²) in [5.74, 6) is 0. The predicted molar refractivity (Wildman–Crippen MR) is 79.4 cm³/mol. The molecule has 0 bridgehead atoms. The number of hydrogen-bond donors (Lipinski definition) is 1. The van der Waals surface area contributed by atoms with Crippen LogP contribution in [0.15, 0.2) is 6.07 Å². The quantitative estimate of drug-likeness (QED) is 0.884. The van der Waals surface area contributed by atoms with Crippen LogP contribution in [0.3, 0.4) is 0 Å². The van der Waals surface area contributed by atoms with E-state index in [0.717, 1.165) is 13.1 Å². The molecule has 0 unspecified atom stereocenters. The van der Waals surface area contributed by atoms with Gasteiger partial charge in [0, 0.05) is 24.7 Å². The number of benzene rings is 1. The van der Waals surface area contributed by atoms with E-state index < -0.39 is 0 Å². The highest BCUT2D eigenvalue weighted by Gasteiger charge is 2.42. The second-order valence-corrected chi connectivity index (χ2v) is 6.17. The third-order valence-electron chi connectivity index (χ3n) is 4.67. The lowest BCUT2D eigenvalue weighted by Gasteiger charge is -2.29. The molecule has 0 aromatic heterocycles. The fraction of sp³-hybridized carbons (Fsp3) is 0.625. The number of hydrogen-bond acceptors (Lipinski definition) is 2. The second-order valence-electron chi connectivity index (χ2n) is 6.17. The maximum absolute atomic E-state index is 5.90. The summed E-state index contributed by atoms with van der Waals surface area (Å²) in [6, 6.07) is 2.29. The Hall–Kier alpha value is -1.02. The zero-order chi connectivity index (χ0) is 13.5. The van der Waals surface area contributed by atoms with Gasteiger partial charge in [-0.3, -0.25) is 0 Å². The topological polar surface area (TPSA) is 29.3 Å². The van der Waals surface area contributed by atoms with Crippen LogP contribution < -0.4 is 10.6 Å². The molecule has 1 aromatic carbocycles. The first kappa shape index (κ1) is 13.4. The van der Waals surface area contributed by atoms with Crippen molar-refractivity contribution >= 4 is 5.69 Å². The number of aryl methyl sites for hydroxylation is 2. The Morgan fingerprint density at radius 3 is 2.00 bits per heavy atom. The van der Waals surface area contributed by atoms with Crippen molar-refractivity contribution in [3.05, 3.63) is 28.3 Å². The monoisotopic (exact) mass is 246 g/mol. The van der Waals surface area contributed by atoms with Crippen molar-refractivity contribution < 1.29 is 0 Å². The van der Waals surface area contributed by atoms with Crippen LogP contribution in [-0.2, 0) is 0 Å². The summed E-state index contributed by atoms with van der Waals surface area (Å²) in [6.07, 6.45) is 2.58. The van der Waals surface area contributed by atoms with Gasteiger partial charge in [-0.2, -0.15) is 0 Å². The average molecular weight is 246 g/mol. The Bertz CT molecular complexity index is 432. The summed E-state index contributed by atoms with van der Waals surface area (Å²) in [6.45, 7) is 10.8. The molecule has 100 valence electrons. The molecule has 0 aliphatic heterocycles. The molecule has 0 amide bonds. The van der Waals surface area contributed by atoms with E-state index in [1.807, 2.05) is 0 Å². The fourth-order valence-electron chi connectivity index (χ4n) is 2.95. The summed E-state index contributed by atoms with van der Waals surface area (Å²) >= 11 is 0. The summed E-state index contributed by atoms with van der Waals surface area (Å²) in [4.78, 5) is 2.42. The van der Waals surface area contributed by atoms with Gasteiger partial charge in [-0.1, -0.05) is 6.07 Å². The normalized spacial score (nSPS) is 16.8. The molecule has 0 radical (unpaired) electrons. The highest BCUT2D eigenvalue weighted by molar-refractivity contribution is 5.63. The second kappa shape index (κ2) is 4.58. The molecule has 2 N–H and O–H groups in total. The van der Waals surface area contributed by atoms with Crippen LogP contribution in [0.1, 0.15) is 35.1 Å². The largest absolute Gasteiger partial charge is 0.374 e. The van der Waals surface area contributed by atoms with Gasteiger partial charge in [0.2, 0.25) is 0 Å². The first-order valence-corrected chi connectivity index (χ1v) is 6.89. The van der Waals surface area contributed by atoms with Crippen LogP contribution in [0, 0.1) is 33.1 Å². The molecule has 0 spiro atoms. The van der Waals surface area contributed by atoms with Crippen molar-refractivity contribution in [1.82, 2.24) is 0 Å². The number of nitrogens with zero attached hydrogens (tertiary/aromatic N) is 1. The Morgan fingerprint density at radius 2 is 1.61 bits per heavy atom. The first-order valence-electron chi connectivity index (χ1n) is 6.89. The summed E-state index contributed by atoms with van der Waals surface area (Å²) in [5, 5.41) is 0. The van der Waals surface area contributed by atoms with E-state index in [2.05, 4.69) is 45.7 Å². The molecular formula is C16H26N2. The van der Waals surface area contributed by atoms with Crippen molar-refractivity contribution in [1.29, 1.82) is 0 Å². The van der Waals surface area contributed by atoms with Crippen LogP contribution >= 0.6 is 0 Å². The molecule has 2 heteroatoms. The standard InChI is InChI=1S/C16H26N2/c1-11-8-12(2)14(4)15(13(11)3)18(5)10-16(9-17)6-7-16/h8H,6-7,9-10,17H2,1-5H3. The van der Waals surface area contributed by atoms with E-state index in [1.165, 1.54) is 40.8 Å². The van der Waals surface area contributed by atoms with E-state index in [4.69, 9.17) is 5.73 Å². The van der Waals surface area contributed by atoms with Gasteiger partial charge in [0.05, 0.1) is 0 Å². The Balaban J connectivity index is 2.32. The number of rotatable bonds is 4. The molecule has 1 aliphatic carbocycles. The van der Waals surface area contributed by atoms with Gasteiger partial charge in [-0.25, -0.2) is 0 Å². The minimum Gasteiger partial charge on any atom is -0.374 e. The Labute approximate surface area is 111 Å². The van der Waals surface area contributed by atoms with E-state index in [-0.39, 0.29) is 0 Å². The highest BCUT2D eigenvalue weighted by atomic mass is 15.1. The molecule has 1 fully saturated rings. The molecule has 18 heavy (non-hydrogen) atoms. The molecule has 2 rings (SSSR count). The van der Waals surface area contributed by atoms with E-state index in [1.54, 1.807) is 0 Å². The maximum atomic E-state index is 5.90.